The first-order chi connectivity index (χ1) is 11.0. The maximum absolute atomic E-state index is 11.8. The fraction of sp³-hybridized carbons (Fsp3) is 0.333. The van der Waals surface area contributed by atoms with Crippen molar-refractivity contribution in [2.24, 2.45) is 0 Å². The molecule has 0 aliphatic heterocycles. The topological polar surface area (TPSA) is 84.0 Å². The lowest BCUT2D eigenvalue weighted by Gasteiger charge is -2.05. The molecule has 1 atom stereocenters. The van der Waals surface area contributed by atoms with Crippen LogP contribution in [-0.2, 0) is 9.59 Å². The highest BCUT2D eigenvalue weighted by atomic mass is 35.5. The fourth-order valence-corrected chi connectivity index (χ4v) is 2.62. The first-order valence-electron chi connectivity index (χ1n) is 7.08. The molecule has 0 bridgehead atoms. The summed E-state index contributed by atoms with van der Waals surface area (Å²) < 4.78 is 0. The van der Waals surface area contributed by atoms with Gasteiger partial charge in [-0.15, -0.1) is 21.8 Å². The number of nitrogens with zero attached hydrogens (tertiary/aromatic N) is 2. The van der Waals surface area contributed by atoms with E-state index in [0.29, 0.717) is 5.13 Å². The van der Waals surface area contributed by atoms with E-state index in [4.69, 9.17) is 11.6 Å². The van der Waals surface area contributed by atoms with Crippen LogP contribution in [0.25, 0.3) is 10.6 Å². The van der Waals surface area contributed by atoms with Gasteiger partial charge in [0.05, 0.1) is 0 Å². The molecule has 8 heteroatoms. The summed E-state index contributed by atoms with van der Waals surface area (Å²) in [7, 11) is 0. The summed E-state index contributed by atoms with van der Waals surface area (Å²) in [5, 5.41) is 13.8. The van der Waals surface area contributed by atoms with Crippen LogP contribution in [-0.4, -0.2) is 33.9 Å². The molecule has 2 rings (SSSR count). The van der Waals surface area contributed by atoms with Gasteiger partial charge in [0.1, 0.15) is 10.4 Å². The number of amides is 2. The molecule has 2 amide bonds. The predicted octanol–water partition coefficient (Wildman–Crippen LogP) is 2.59. The molecule has 2 aromatic rings. The van der Waals surface area contributed by atoms with Crippen molar-refractivity contribution in [3.05, 3.63) is 29.8 Å². The number of benzene rings is 1. The molecule has 1 aromatic carbocycles. The second-order valence-electron chi connectivity index (χ2n) is 4.99. The molecule has 0 saturated heterocycles. The first-order valence-corrected chi connectivity index (χ1v) is 8.33. The van der Waals surface area contributed by atoms with Gasteiger partial charge in [0, 0.05) is 18.5 Å². The molecule has 1 aromatic heterocycles. The van der Waals surface area contributed by atoms with E-state index in [1.54, 1.807) is 6.92 Å². The van der Waals surface area contributed by atoms with Crippen molar-refractivity contribution in [1.29, 1.82) is 0 Å². The number of nitrogens with one attached hydrogen (secondary N) is 2. The Labute approximate surface area is 143 Å². The van der Waals surface area contributed by atoms with E-state index in [2.05, 4.69) is 20.8 Å². The molecular weight excluding hydrogens is 336 g/mol. The molecule has 0 fully saturated rings. The first kappa shape index (κ1) is 17.4. The van der Waals surface area contributed by atoms with Gasteiger partial charge in [0.15, 0.2) is 0 Å². The van der Waals surface area contributed by atoms with Crippen LogP contribution in [0, 0.1) is 6.92 Å². The molecule has 23 heavy (non-hydrogen) atoms. The lowest BCUT2D eigenvalue weighted by Crippen LogP contribution is -2.32. The van der Waals surface area contributed by atoms with Gasteiger partial charge in [0.2, 0.25) is 16.9 Å². The van der Waals surface area contributed by atoms with Crippen LogP contribution in [0.2, 0.25) is 0 Å². The fourth-order valence-electron chi connectivity index (χ4n) is 1.79. The second-order valence-corrected chi connectivity index (χ2v) is 6.62. The molecule has 0 radical (unpaired) electrons. The Morgan fingerprint density at radius 1 is 1.35 bits per heavy atom. The van der Waals surface area contributed by atoms with Crippen LogP contribution in [0.3, 0.4) is 0 Å². The van der Waals surface area contributed by atoms with Gasteiger partial charge in [-0.25, -0.2) is 0 Å². The van der Waals surface area contributed by atoms with E-state index in [1.807, 2.05) is 31.2 Å². The van der Waals surface area contributed by atoms with Crippen LogP contribution in [0.1, 0.15) is 18.9 Å². The summed E-state index contributed by atoms with van der Waals surface area (Å²) in [6.45, 7) is 3.81. The van der Waals surface area contributed by atoms with Gasteiger partial charge >= 0.3 is 0 Å². The predicted molar refractivity (Wildman–Crippen MR) is 91.7 cm³/mol. The molecular formula is C15H17ClN4O2S. The lowest BCUT2D eigenvalue weighted by atomic mass is 10.1. The number of hydrogen-bond acceptors (Lipinski definition) is 5. The lowest BCUT2D eigenvalue weighted by molar-refractivity contribution is -0.120. The third-order valence-corrected chi connectivity index (χ3v) is 4.03. The highest BCUT2D eigenvalue weighted by Crippen LogP contribution is 2.26. The molecule has 0 spiro atoms. The van der Waals surface area contributed by atoms with Gasteiger partial charge < -0.3 is 10.6 Å². The van der Waals surface area contributed by atoms with Crippen molar-refractivity contribution in [3.63, 3.8) is 0 Å². The number of carbonyl (C=O) groups excluding carboxylic acids is 2. The smallest absolute Gasteiger partial charge is 0.237 e. The van der Waals surface area contributed by atoms with E-state index >= 15 is 0 Å². The Bertz CT molecular complexity index is 702. The number of aryl methyl sites for hydroxylation is 1. The number of carbonyl (C=O) groups is 2. The molecule has 0 saturated carbocycles. The number of hydrogen-bond donors (Lipinski definition) is 2. The number of halogens is 1. The van der Waals surface area contributed by atoms with Crippen molar-refractivity contribution in [3.8, 4) is 10.6 Å². The Hall–Kier alpha value is -1.99. The normalized spacial score (nSPS) is 11.8. The summed E-state index contributed by atoms with van der Waals surface area (Å²) >= 11 is 6.92. The summed E-state index contributed by atoms with van der Waals surface area (Å²) in [6, 6.07) is 7.91. The maximum atomic E-state index is 11.8. The summed E-state index contributed by atoms with van der Waals surface area (Å²) in [5.41, 5.74) is 2.10. The van der Waals surface area contributed by atoms with Crippen LogP contribution in [0.4, 0.5) is 5.13 Å². The molecule has 1 heterocycles. The minimum atomic E-state index is -0.613. The van der Waals surface area contributed by atoms with Gasteiger partial charge in [0.25, 0.3) is 0 Å². The monoisotopic (exact) mass is 352 g/mol. The Balaban J connectivity index is 1.87. The number of rotatable bonds is 6. The summed E-state index contributed by atoms with van der Waals surface area (Å²) in [4.78, 5) is 23.1. The highest BCUT2D eigenvalue weighted by Gasteiger charge is 2.11. The van der Waals surface area contributed by atoms with Gasteiger partial charge in [-0.2, -0.15) is 0 Å². The van der Waals surface area contributed by atoms with Gasteiger partial charge in [-0.3, -0.25) is 9.59 Å². The third kappa shape index (κ3) is 5.30. The van der Waals surface area contributed by atoms with E-state index in [0.717, 1.165) is 16.1 Å². The molecule has 0 aliphatic rings. The second kappa shape index (κ2) is 8.03. The average Bonchev–Trinajstić information content (AvgIpc) is 2.95. The van der Waals surface area contributed by atoms with Crippen molar-refractivity contribution >= 4 is 39.9 Å². The van der Waals surface area contributed by atoms with Crippen LogP contribution in [0.5, 0.6) is 0 Å². The number of anilines is 1. The Morgan fingerprint density at radius 3 is 2.83 bits per heavy atom. The quantitative estimate of drug-likeness (QED) is 0.782. The minimum absolute atomic E-state index is 0.148. The number of aromatic nitrogens is 2. The zero-order chi connectivity index (χ0) is 16.8. The third-order valence-electron chi connectivity index (χ3n) is 2.95. The van der Waals surface area contributed by atoms with Crippen molar-refractivity contribution < 1.29 is 9.59 Å². The van der Waals surface area contributed by atoms with E-state index < -0.39 is 5.38 Å². The average molecular weight is 353 g/mol. The van der Waals surface area contributed by atoms with Gasteiger partial charge in [-0.1, -0.05) is 35.1 Å². The molecule has 1 unspecified atom stereocenters. The van der Waals surface area contributed by atoms with E-state index in [-0.39, 0.29) is 24.8 Å². The number of alkyl halides is 1. The minimum Gasteiger partial charge on any atom is -0.354 e. The van der Waals surface area contributed by atoms with Crippen molar-refractivity contribution in [1.82, 2.24) is 15.5 Å². The molecule has 0 aliphatic carbocycles. The standard InChI is InChI=1S/C15H17ClN4O2S/c1-9-4-3-5-11(8-9)14-19-20-15(23-14)18-12(21)6-7-17-13(22)10(2)16/h3-5,8,10H,6-7H2,1-2H3,(H,17,22)(H,18,20,21). The zero-order valence-corrected chi connectivity index (χ0v) is 14.4. The van der Waals surface area contributed by atoms with Crippen LogP contribution in [0.15, 0.2) is 24.3 Å². The van der Waals surface area contributed by atoms with E-state index in [9.17, 15) is 9.59 Å². The Kier molecular flexibility index (Phi) is 6.06. The largest absolute Gasteiger partial charge is 0.354 e. The van der Waals surface area contributed by atoms with Crippen LogP contribution < -0.4 is 10.6 Å². The van der Waals surface area contributed by atoms with Gasteiger partial charge in [-0.05, 0) is 19.9 Å². The molecule has 6 nitrogen and oxygen atoms in total. The summed E-state index contributed by atoms with van der Waals surface area (Å²) in [6.07, 6.45) is 0.148. The highest BCUT2D eigenvalue weighted by molar-refractivity contribution is 7.18. The summed E-state index contributed by atoms with van der Waals surface area (Å²) in [5.74, 6) is -0.531. The Morgan fingerprint density at radius 2 is 2.13 bits per heavy atom. The molecule has 122 valence electrons. The maximum Gasteiger partial charge on any atom is 0.237 e. The van der Waals surface area contributed by atoms with E-state index in [1.165, 1.54) is 11.3 Å². The zero-order valence-electron chi connectivity index (χ0n) is 12.8. The SMILES string of the molecule is Cc1cccc(-c2nnc(NC(=O)CCNC(=O)C(C)Cl)s2)c1. The van der Waals surface area contributed by atoms with Crippen molar-refractivity contribution in [2.75, 3.05) is 11.9 Å². The van der Waals surface area contributed by atoms with Crippen molar-refractivity contribution in [2.45, 2.75) is 25.6 Å². The van der Waals surface area contributed by atoms with Crippen LogP contribution >= 0.6 is 22.9 Å². The molecule has 2 N–H and O–H groups in total.